The summed E-state index contributed by atoms with van der Waals surface area (Å²) in [6.45, 7) is 8.29. The number of fused-ring (bicyclic) bond motifs is 1. The van der Waals surface area contributed by atoms with Crippen molar-refractivity contribution < 1.29 is 33.7 Å². The Morgan fingerprint density at radius 1 is 1.42 bits per heavy atom. The topological polar surface area (TPSA) is 155 Å². The lowest BCUT2D eigenvalue weighted by molar-refractivity contribution is -0.784. The predicted octanol–water partition coefficient (Wildman–Crippen LogP) is 1.71. The Hall–Kier alpha value is -2.14. The molecule has 0 amide bonds. The van der Waals surface area contributed by atoms with Crippen LogP contribution in [0.4, 0.5) is 0 Å². The van der Waals surface area contributed by atoms with Crippen LogP contribution in [0, 0.1) is 15.5 Å². The highest BCUT2D eigenvalue weighted by Crippen LogP contribution is 2.36. The third-order valence-corrected chi connectivity index (χ3v) is 3.86. The number of nitrogens with zero attached hydrogens (tertiary/aromatic N) is 4. The van der Waals surface area contributed by atoms with E-state index in [1.807, 2.05) is 0 Å². The summed E-state index contributed by atoms with van der Waals surface area (Å²) in [6, 6.07) is -1.31. The first-order valence-corrected chi connectivity index (χ1v) is 7.98. The van der Waals surface area contributed by atoms with Crippen LogP contribution >= 0.6 is 0 Å². The van der Waals surface area contributed by atoms with Gasteiger partial charge in [0.15, 0.2) is 5.79 Å². The maximum absolute atomic E-state index is 12.4. The Kier molecular flexibility index (Phi) is 5.61. The van der Waals surface area contributed by atoms with Gasteiger partial charge >= 0.3 is 5.97 Å². The first-order chi connectivity index (χ1) is 11.9. The number of hydrogen-bond donors (Lipinski definition) is 0. The zero-order valence-corrected chi connectivity index (χ0v) is 15.1. The van der Waals surface area contributed by atoms with Crippen molar-refractivity contribution in [1.29, 1.82) is 0 Å². The fourth-order valence-electron chi connectivity index (χ4n) is 2.60. The highest BCUT2D eigenvalue weighted by Gasteiger charge is 2.54. The first-order valence-electron chi connectivity index (χ1n) is 7.98. The number of carbonyl (C=O) groups is 1. The molecule has 2 aliphatic heterocycles. The zero-order valence-electron chi connectivity index (χ0n) is 15.1. The Morgan fingerprint density at radius 3 is 2.62 bits per heavy atom. The van der Waals surface area contributed by atoms with Crippen molar-refractivity contribution in [3.8, 4) is 0 Å². The number of carbonyl (C=O) groups excluding carboxylic acids is 1. The normalized spacial score (nSPS) is 33.3. The van der Waals surface area contributed by atoms with Crippen molar-refractivity contribution in [3.05, 3.63) is 20.6 Å². The Balaban J connectivity index is 2.38. The molecule has 0 saturated carbocycles. The SMILES string of the molecule is CC1(C)OC[C@H]2O[C@H](O[N+](=O)[O-])[C@H](N=[N+]=[N-])[C@@H](OC(=O)C(C)(C)C)[C@@H]2O1. The highest BCUT2D eigenvalue weighted by molar-refractivity contribution is 5.75. The molecule has 0 aromatic carbocycles. The lowest BCUT2D eigenvalue weighted by Crippen LogP contribution is -2.65. The Labute approximate surface area is 149 Å². The molecule has 0 aromatic rings. The lowest BCUT2D eigenvalue weighted by atomic mass is 9.93. The molecule has 0 aliphatic carbocycles. The van der Waals surface area contributed by atoms with Gasteiger partial charge in [0.25, 0.3) is 5.09 Å². The maximum atomic E-state index is 12.4. The zero-order chi connectivity index (χ0) is 19.7. The van der Waals surface area contributed by atoms with E-state index in [4.69, 9.17) is 24.5 Å². The van der Waals surface area contributed by atoms with Gasteiger partial charge in [0.2, 0.25) is 6.29 Å². The molecule has 2 heterocycles. The Bertz CT molecular complexity index is 613. The summed E-state index contributed by atoms with van der Waals surface area (Å²) in [5.74, 6) is -1.59. The third kappa shape index (κ3) is 4.52. The molecule has 26 heavy (non-hydrogen) atoms. The quantitative estimate of drug-likeness (QED) is 0.180. The molecule has 0 spiro atoms. The van der Waals surface area contributed by atoms with Crippen LogP contribution in [0.3, 0.4) is 0 Å². The van der Waals surface area contributed by atoms with Crippen molar-refractivity contribution in [1.82, 2.24) is 0 Å². The van der Waals surface area contributed by atoms with Crippen LogP contribution in [0.1, 0.15) is 34.6 Å². The minimum atomic E-state index is -1.56. The molecular weight excluding hydrogens is 352 g/mol. The van der Waals surface area contributed by atoms with E-state index in [0.29, 0.717) is 0 Å². The second-order valence-electron chi connectivity index (χ2n) is 7.48. The van der Waals surface area contributed by atoms with Gasteiger partial charge < -0.3 is 18.9 Å². The summed E-state index contributed by atoms with van der Waals surface area (Å²) < 4.78 is 22.3. The molecule has 12 nitrogen and oxygen atoms in total. The Morgan fingerprint density at radius 2 is 2.08 bits per heavy atom. The number of esters is 1. The molecule has 0 aromatic heterocycles. The van der Waals surface area contributed by atoms with Gasteiger partial charge in [-0.2, -0.15) is 0 Å². The molecule has 0 N–H and O–H groups in total. The number of azide groups is 1. The number of ether oxygens (including phenoxy) is 4. The fourth-order valence-corrected chi connectivity index (χ4v) is 2.60. The second kappa shape index (κ2) is 7.23. The van der Waals surface area contributed by atoms with Crippen molar-refractivity contribution in [2.75, 3.05) is 6.61 Å². The average Bonchev–Trinajstić information content (AvgIpc) is 2.49. The molecule has 0 unspecified atom stereocenters. The van der Waals surface area contributed by atoms with E-state index >= 15 is 0 Å². The van der Waals surface area contributed by atoms with E-state index in [0.717, 1.165) is 0 Å². The molecule has 2 fully saturated rings. The van der Waals surface area contributed by atoms with Crippen LogP contribution in [0.15, 0.2) is 5.11 Å². The molecule has 12 heteroatoms. The molecule has 146 valence electrons. The van der Waals surface area contributed by atoms with Crippen molar-refractivity contribution in [3.63, 3.8) is 0 Å². The van der Waals surface area contributed by atoms with E-state index in [1.54, 1.807) is 34.6 Å². The smallest absolute Gasteiger partial charge is 0.311 e. The molecule has 2 rings (SSSR count). The second-order valence-corrected chi connectivity index (χ2v) is 7.48. The lowest BCUT2D eigenvalue weighted by Gasteiger charge is -2.49. The summed E-state index contributed by atoms with van der Waals surface area (Å²) in [7, 11) is 0. The fraction of sp³-hybridized carbons (Fsp3) is 0.929. The van der Waals surface area contributed by atoms with E-state index in [-0.39, 0.29) is 6.61 Å². The van der Waals surface area contributed by atoms with E-state index in [1.165, 1.54) is 0 Å². The summed E-state index contributed by atoms with van der Waals surface area (Å²) in [5.41, 5.74) is 8.00. The minimum Gasteiger partial charge on any atom is -0.458 e. The largest absolute Gasteiger partial charge is 0.458 e. The standard InChI is InChI=1S/C14H22N4O8/c1-13(2,3)12(19)24-10-8(16-17-15)11(26-18(20)21)23-7-6-22-14(4,5)25-9(7)10/h7-11H,6H2,1-5H3/t7-,8-,9-,10-,11-/m1/s1. The van der Waals surface area contributed by atoms with Gasteiger partial charge in [-0.05, 0) is 40.1 Å². The summed E-state index contributed by atoms with van der Waals surface area (Å²) in [5, 5.41) is 13.2. The van der Waals surface area contributed by atoms with Crippen LogP contribution in [-0.2, 0) is 28.6 Å². The van der Waals surface area contributed by atoms with Crippen molar-refractivity contribution in [2.24, 2.45) is 10.5 Å². The van der Waals surface area contributed by atoms with Crippen molar-refractivity contribution in [2.45, 2.75) is 71.0 Å². The molecule has 2 aliphatic rings. The number of hydrogen-bond acceptors (Lipinski definition) is 9. The molecule has 0 bridgehead atoms. The van der Waals surface area contributed by atoms with Gasteiger partial charge in [-0.3, -0.25) is 9.63 Å². The van der Waals surface area contributed by atoms with Crippen LogP contribution in [0.5, 0.6) is 0 Å². The minimum absolute atomic E-state index is 0.0296. The predicted molar refractivity (Wildman–Crippen MR) is 83.9 cm³/mol. The van der Waals surface area contributed by atoms with Crippen LogP contribution in [0.25, 0.3) is 10.4 Å². The third-order valence-electron chi connectivity index (χ3n) is 3.86. The van der Waals surface area contributed by atoms with E-state index < -0.39 is 52.9 Å². The van der Waals surface area contributed by atoms with Crippen LogP contribution in [-0.4, -0.2) is 54.1 Å². The summed E-state index contributed by atoms with van der Waals surface area (Å²) in [6.07, 6.45) is -4.37. The average molecular weight is 374 g/mol. The summed E-state index contributed by atoms with van der Waals surface area (Å²) >= 11 is 0. The van der Waals surface area contributed by atoms with Crippen LogP contribution < -0.4 is 0 Å². The molecular formula is C14H22N4O8. The van der Waals surface area contributed by atoms with Gasteiger partial charge in [-0.25, -0.2) is 0 Å². The number of rotatable bonds is 4. The molecule has 5 atom stereocenters. The van der Waals surface area contributed by atoms with Gasteiger partial charge in [-0.15, -0.1) is 10.1 Å². The van der Waals surface area contributed by atoms with Gasteiger partial charge in [0.1, 0.15) is 24.4 Å². The summed E-state index contributed by atoms with van der Waals surface area (Å²) in [4.78, 5) is 30.3. The van der Waals surface area contributed by atoms with E-state index in [2.05, 4.69) is 14.9 Å². The maximum Gasteiger partial charge on any atom is 0.311 e. The monoisotopic (exact) mass is 374 g/mol. The first kappa shape index (κ1) is 20.2. The molecule has 2 saturated heterocycles. The van der Waals surface area contributed by atoms with Crippen LogP contribution in [0.2, 0.25) is 0 Å². The van der Waals surface area contributed by atoms with Gasteiger partial charge in [-0.1, -0.05) is 5.11 Å². The van der Waals surface area contributed by atoms with Gasteiger partial charge in [0, 0.05) is 4.91 Å². The molecule has 0 radical (unpaired) electrons. The van der Waals surface area contributed by atoms with Gasteiger partial charge in [0.05, 0.1) is 12.0 Å². The van der Waals surface area contributed by atoms with Crippen molar-refractivity contribution >= 4 is 5.97 Å². The van der Waals surface area contributed by atoms with E-state index in [9.17, 15) is 14.9 Å². The highest BCUT2D eigenvalue weighted by atomic mass is 17.0.